The molecule has 0 spiro atoms. The zero-order valence-electron chi connectivity index (χ0n) is 31.9. The van der Waals surface area contributed by atoms with Crippen molar-refractivity contribution in [2.24, 2.45) is 5.92 Å². The van der Waals surface area contributed by atoms with Crippen LogP contribution in [0.1, 0.15) is 106 Å². The fourth-order valence-electron chi connectivity index (χ4n) is 7.67. The van der Waals surface area contributed by atoms with Crippen LogP contribution in [0, 0.1) is 17.8 Å². The molecule has 3 amide bonds. The van der Waals surface area contributed by atoms with Gasteiger partial charge in [-0.05, 0) is 101 Å². The van der Waals surface area contributed by atoms with Gasteiger partial charge in [-0.25, -0.2) is 19.6 Å². The van der Waals surface area contributed by atoms with Crippen LogP contribution in [0.3, 0.4) is 0 Å². The first kappa shape index (κ1) is 36.8. The lowest BCUT2D eigenvalue weighted by Crippen LogP contribution is -2.51. The quantitative estimate of drug-likeness (QED) is 0.180. The largest absolute Gasteiger partial charge is 0.453 e. The van der Waals surface area contributed by atoms with Crippen LogP contribution in [0.25, 0.3) is 22.5 Å². The Hall–Kier alpha value is -5.57. The molecule has 7 rings (SSSR count). The molecule has 12 nitrogen and oxygen atoms in total. The summed E-state index contributed by atoms with van der Waals surface area (Å²) in [5.41, 5.74) is 7.47. The summed E-state index contributed by atoms with van der Waals surface area (Å²) in [5, 5.41) is 2.72. The molecular formula is C42H49N7O5. The summed E-state index contributed by atoms with van der Waals surface area (Å²) in [7, 11) is 1.30. The van der Waals surface area contributed by atoms with E-state index in [0.29, 0.717) is 13.1 Å². The van der Waals surface area contributed by atoms with E-state index in [1.807, 2.05) is 76.0 Å². The lowest BCUT2D eigenvalue weighted by molar-refractivity contribution is -0.135. The van der Waals surface area contributed by atoms with Gasteiger partial charge in [0.1, 0.15) is 23.3 Å². The Morgan fingerprint density at radius 2 is 1.59 bits per heavy atom. The third-order valence-corrected chi connectivity index (χ3v) is 10.4. The Bertz CT molecular complexity index is 2100. The van der Waals surface area contributed by atoms with Crippen molar-refractivity contribution in [2.75, 3.05) is 20.2 Å². The molecule has 54 heavy (non-hydrogen) atoms. The smallest absolute Gasteiger partial charge is 0.410 e. The second-order valence-corrected chi connectivity index (χ2v) is 15.7. The first-order valence-corrected chi connectivity index (χ1v) is 18.9. The average Bonchev–Trinajstić information content (AvgIpc) is 3.97. The topological polar surface area (TPSA) is 146 Å². The zero-order chi connectivity index (χ0) is 38.1. The molecule has 2 fully saturated rings. The van der Waals surface area contributed by atoms with Crippen molar-refractivity contribution in [1.82, 2.24) is 35.1 Å². The predicted molar refractivity (Wildman–Crippen MR) is 204 cm³/mol. The first-order valence-electron chi connectivity index (χ1n) is 18.9. The summed E-state index contributed by atoms with van der Waals surface area (Å²) >= 11 is 0. The molecule has 3 atom stereocenters. The molecule has 2 aliphatic heterocycles. The predicted octanol–water partition coefficient (Wildman–Crippen LogP) is 7.08. The molecule has 0 radical (unpaired) electrons. The van der Waals surface area contributed by atoms with Gasteiger partial charge in [0.25, 0.3) is 0 Å². The van der Waals surface area contributed by atoms with Gasteiger partial charge in [0.2, 0.25) is 5.91 Å². The fraction of sp³-hybridized carbons (Fsp3) is 0.452. The molecule has 0 saturated carbocycles. The number of methoxy groups -OCH3 is 1. The van der Waals surface area contributed by atoms with Crippen LogP contribution in [-0.4, -0.2) is 79.7 Å². The third kappa shape index (κ3) is 7.72. The number of fused-ring (bicyclic) bond motifs is 3. The summed E-state index contributed by atoms with van der Waals surface area (Å²) in [6.45, 7) is 10.7. The number of likely N-dealkylation sites (tertiary alicyclic amines) is 2. The molecule has 2 aromatic heterocycles. The van der Waals surface area contributed by atoms with Crippen molar-refractivity contribution in [3.63, 3.8) is 0 Å². The van der Waals surface area contributed by atoms with E-state index in [1.165, 1.54) is 12.7 Å². The van der Waals surface area contributed by atoms with Crippen LogP contribution < -0.4 is 5.32 Å². The number of amides is 3. The van der Waals surface area contributed by atoms with Crippen LogP contribution in [0.2, 0.25) is 0 Å². The monoisotopic (exact) mass is 731 g/mol. The standard InChI is InChI=1S/C42H49N7O5/c1-25(2)35(47-40(51)53-6)39(50)48-21-7-10-34(48)38-44-31-20-18-29-23-27(15-19-30(29)36(31)46-38)12-11-26-13-16-28(17-14-26)32-24-43-37(45-32)33-9-8-22-49(33)41(52)54-42(3,4)5/h13-17,19,23-25,33-35H,7-10,18,20-22H2,1-6H3,(H,43,45)(H,44,46)(H,47,51). The van der Waals surface area contributed by atoms with Gasteiger partial charge < -0.3 is 29.7 Å². The second kappa shape index (κ2) is 15.0. The highest BCUT2D eigenvalue weighted by Crippen LogP contribution is 2.38. The Kier molecular flexibility index (Phi) is 10.2. The normalized spacial score (nSPS) is 18.4. The molecule has 0 bridgehead atoms. The van der Waals surface area contributed by atoms with Crippen molar-refractivity contribution in [3.05, 3.63) is 82.7 Å². The maximum Gasteiger partial charge on any atom is 0.410 e. The molecule has 3 unspecified atom stereocenters. The molecule has 3 N–H and O–H groups in total. The number of ether oxygens (including phenoxy) is 2. The minimum atomic E-state index is -0.674. The summed E-state index contributed by atoms with van der Waals surface area (Å²) < 4.78 is 10.4. The molecule has 4 heterocycles. The Morgan fingerprint density at radius 3 is 2.30 bits per heavy atom. The lowest BCUT2D eigenvalue weighted by Gasteiger charge is -2.30. The highest BCUT2D eigenvalue weighted by molar-refractivity contribution is 5.86. The second-order valence-electron chi connectivity index (χ2n) is 15.7. The number of H-pyrrole nitrogens is 2. The molecule has 3 aliphatic rings. The molecule has 2 saturated heterocycles. The SMILES string of the molecule is COC(=O)NC(C(=O)N1CCCC1c1nc2c([nH]1)CCc1cc(C#Cc3ccc(-c4cnc(C5CCCN5C(=O)OC(C)(C)C)[nH]4)cc3)ccc1-2)C(C)C. The van der Waals surface area contributed by atoms with E-state index >= 15 is 0 Å². The average molecular weight is 732 g/mol. The van der Waals surface area contributed by atoms with E-state index < -0.39 is 17.7 Å². The van der Waals surface area contributed by atoms with Crippen molar-refractivity contribution in [2.45, 2.75) is 96.9 Å². The van der Waals surface area contributed by atoms with Gasteiger partial charge >= 0.3 is 12.2 Å². The maximum atomic E-state index is 13.6. The van der Waals surface area contributed by atoms with Gasteiger partial charge in [-0.1, -0.05) is 43.9 Å². The van der Waals surface area contributed by atoms with Crippen LogP contribution in [0.15, 0.2) is 48.7 Å². The Morgan fingerprint density at radius 1 is 0.907 bits per heavy atom. The van der Waals surface area contributed by atoms with Crippen molar-refractivity contribution in [1.29, 1.82) is 0 Å². The summed E-state index contributed by atoms with van der Waals surface area (Å²) in [5.74, 6) is 8.00. The maximum absolute atomic E-state index is 13.6. The summed E-state index contributed by atoms with van der Waals surface area (Å²) in [6, 6.07) is 13.4. The van der Waals surface area contributed by atoms with E-state index in [2.05, 4.69) is 44.2 Å². The molecule has 1 aliphatic carbocycles. The number of benzene rings is 2. The Balaban J connectivity index is 1.02. The molecule has 4 aromatic rings. The van der Waals surface area contributed by atoms with Crippen molar-refractivity contribution < 1.29 is 23.9 Å². The zero-order valence-corrected chi connectivity index (χ0v) is 31.9. The minimum Gasteiger partial charge on any atom is -0.453 e. The van der Waals surface area contributed by atoms with E-state index in [-0.39, 0.29) is 30.0 Å². The van der Waals surface area contributed by atoms with Crippen LogP contribution in [0.4, 0.5) is 9.59 Å². The minimum absolute atomic E-state index is 0.0929. The summed E-state index contributed by atoms with van der Waals surface area (Å²) in [6.07, 6.45) is 6.01. The van der Waals surface area contributed by atoms with E-state index in [1.54, 1.807) is 4.90 Å². The van der Waals surface area contributed by atoms with E-state index in [4.69, 9.17) is 14.5 Å². The number of nitrogens with zero attached hydrogens (tertiary/aromatic N) is 4. The van der Waals surface area contributed by atoms with Crippen LogP contribution in [0.5, 0.6) is 0 Å². The number of imidazole rings is 2. The van der Waals surface area contributed by atoms with Crippen LogP contribution >= 0.6 is 0 Å². The number of alkyl carbamates (subject to hydrolysis) is 1. The number of aromatic amines is 2. The van der Waals surface area contributed by atoms with Crippen molar-refractivity contribution in [3.8, 4) is 34.4 Å². The summed E-state index contributed by atoms with van der Waals surface area (Å²) in [4.78, 5) is 58.7. The van der Waals surface area contributed by atoms with E-state index in [0.717, 1.165) is 89.5 Å². The van der Waals surface area contributed by atoms with Crippen molar-refractivity contribution >= 4 is 18.1 Å². The van der Waals surface area contributed by atoms with Gasteiger partial charge in [-0.15, -0.1) is 0 Å². The van der Waals surface area contributed by atoms with Gasteiger partial charge in [-0.3, -0.25) is 9.69 Å². The number of carbonyl (C=O) groups excluding carboxylic acids is 3. The van der Waals surface area contributed by atoms with Gasteiger partial charge in [0.15, 0.2) is 0 Å². The highest BCUT2D eigenvalue weighted by atomic mass is 16.6. The number of hydrogen-bond acceptors (Lipinski definition) is 7. The number of hydrogen-bond donors (Lipinski definition) is 3. The first-order chi connectivity index (χ1) is 25.9. The van der Waals surface area contributed by atoms with Gasteiger partial charge in [0.05, 0.1) is 36.8 Å². The third-order valence-electron chi connectivity index (χ3n) is 10.4. The molecular weight excluding hydrogens is 683 g/mol. The Labute approximate surface area is 316 Å². The van der Waals surface area contributed by atoms with Gasteiger partial charge in [-0.2, -0.15) is 0 Å². The van der Waals surface area contributed by atoms with Gasteiger partial charge in [0, 0.05) is 35.5 Å². The number of aromatic nitrogens is 4. The number of rotatable bonds is 6. The number of carbonyl (C=O) groups is 3. The fourth-order valence-corrected chi connectivity index (χ4v) is 7.67. The molecule has 12 heteroatoms. The lowest BCUT2D eigenvalue weighted by atomic mass is 9.91. The van der Waals surface area contributed by atoms with Crippen LogP contribution in [-0.2, 0) is 27.1 Å². The molecule has 282 valence electrons. The highest BCUT2D eigenvalue weighted by Gasteiger charge is 2.39. The number of nitrogens with one attached hydrogen (secondary N) is 3. The van der Waals surface area contributed by atoms with E-state index in [9.17, 15) is 14.4 Å². The number of aryl methyl sites for hydroxylation is 2. The molecule has 2 aromatic carbocycles.